The SMILES string of the molecule is Cn1cc(N(CCN)S(=O)(=O)NC(=O)Cc2c3c(cc4c2CCC4)CCC3)cn1.[H-].[Na+]. The quantitative estimate of drug-likeness (QED) is 0.478. The number of hydrogen-bond acceptors (Lipinski definition) is 5. The Labute approximate surface area is 201 Å². The third-order valence-corrected chi connectivity index (χ3v) is 7.24. The predicted octanol–water partition coefficient (Wildman–Crippen LogP) is -2.12. The molecule has 2 aromatic rings. The van der Waals surface area contributed by atoms with E-state index in [4.69, 9.17) is 5.73 Å². The van der Waals surface area contributed by atoms with E-state index in [-0.39, 0.29) is 50.5 Å². The van der Waals surface area contributed by atoms with E-state index in [1.807, 2.05) is 0 Å². The van der Waals surface area contributed by atoms with E-state index in [0.717, 1.165) is 48.4 Å². The van der Waals surface area contributed by atoms with Crippen molar-refractivity contribution in [2.24, 2.45) is 12.8 Å². The standard InChI is InChI=1S/C20H27N5O3S.Na.H/c1-24-13-16(12-22-24)25(9-8-21)29(27,28)23-20(26)11-19-17-6-2-4-14(17)10-15-5-3-7-18(15)19;;/h10,12-13H,2-9,11,21H2,1H3,(H,23,26);;/q;+1;-1. The summed E-state index contributed by atoms with van der Waals surface area (Å²) in [6.45, 7) is 0.189. The Morgan fingerprint density at radius 3 is 2.40 bits per heavy atom. The predicted molar refractivity (Wildman–Crippen MR) is 112 cm³/mol. The number of nitrogens with one attached hydrogen (secondary N) is 1. The fourth-order valence-corrected chi connectivity index (χ4v) is 5.77. The minimum Gasteiger partial charge on any atom is -1.00 e. The molecule has 3 N–H and O–H groups in total. The van der Waals surface area contributed by atoms with E-state index in [0.29, 0.717) is 5.69 Å². The van der Waals surface area contributed by atoms with Gasteiger partial charge in [-0.05, 0) is 66.3 Å². The molecule has 158 valence electrons. The van der Waals surface area contributed by atoms with Gasteiger partial charge in [-0.25, -0.2) is 9.03 Å². The Morgan fingerprint density at radius 1 is 1.23 bits per heavy atom. The number of aryl methyl sites for hydroxylation is 3. The summed E-state index contributed by atoms with van der Waals surface area (Å²) in [5.41, 5.74) is 12.2. The molecule has 1 heterocycles. The van der Waals surface area contributed by atoms with Crippen molar-refractivity contribution in [2.45, 2.75) is 44.9 Å². The van der Waals surface area contributed by atoms with Gasteiger partial charge in [0.05, 0.1) is 18.3 Å². The van der Waals surface area contributed by atoms with Crippen molar-refractivity contribution in [3.05, 3.63) is 46.3 Å². The summed E-state index contributed by atoms with van der Waals surface area (Å²) in [6, 6.07) is 2.30. The van der Waals surface area contributed by atoms with Crippen LogP contribution in [0, 0.1) is 0 Å². The van der Waals surface area contributed by atoms with Crippen LogP contribution in [0.15, 0.2) is 18.5 Å². The van der Waals surface area contributed by atoms with Crippen molar-refractivity contribution >= 4 is 21.8 Å². The molecule has 10 heteroatoms. The molecule has 4 rings (SSSR count). The van der Waals surface area contributed by atoms with Crippen molar-refractivity contribution in [2.75, 3.05) is 17.4 Å². The minimum absolute atomic E-state index is 0. The van der Waals surface area contributed by atoms with Crippen LogP contribution in [0.1, 0.15) is 42.1 Å². The first-order valence-electron chi connectivity index (χ1n) is 10.1. The van der Waals surface area contributed by atoms with Gasteiger partial charge in [-0.15, -0.1) is 0 Å². The second-order valence-electron chi connectivity index (χ2n) is 7.78. The van der Waals surface area contributed by atoms with Crippen LogP contribution in [-0.2, 0) is 54.2 Å². The molecule has 30 heavy (non-hydrogen) atoms. The molecule has 1 aromatic carbocycles. The first-order chi connectivity index (χ1) is 13.9. The average molecular weight is 442 g/mol. The van der Waals surface area contributed by atoms with E-state index in [2.05, 4.69) is 15.9 Å². The van der Waals surface area contributed by atoms with E-state index >= 15 is 0 Å². The molecule has 0 aliphatic heterocycles. The molecular weight excluding hydrogens is 413 g/mol. The number of amides is 1. The zero-order valence-electron chi connectivity index (χ0n) is 18.6. The molecule has 0 spiro atoms. The van der Waals surface area contributed by atoms with Crippen LogP contribution in [0.3, 0.4) is 0 Å². The summed E-state index contributed by atoms with van der Waals surface area (Å²) >= 11 is 0. The second-order valence-corrected chi connectivity index (χ2v) is 9.37. The third-order valence-electron chi connectivity index (χ3n) is 5.78. The van der Waals surface area contributed by atoms with Gasteiger partial charge in [0.15, 0.2) is 0 Å². The van der Waals surface area contributed by atoms with Gasteiger partial charge in [-0.1, -0.05) is 6.07 Å². The molecule has 0 saturated carbocycles. The van der Waals surface area contributed by atoms with Crippen LogP contribution in [0.4, 0.5) is 5.69 Å². The smallest absolute Gasteiger partial charge is 1.00 e. The van der Waals surface area contributed by atoms with Crippen LogP contribution in [0.5, 0.6) is 0 Å². The fourth-order valence-electron chi connectivity index (χ4n) is 4.59. The van der Waals surface area contributed by atoms with Gasteiger partial charge in [0.1, 0.15) is 0 Å². The number of carbonyl (C=O) groups is 1. The normalized spacial score (nSPS) is 14.7. The Bertz CT molecular complexity index is 1030. The van der Waals surface area contributed by atoms with E-state index < -0.39 is 16.1 Å². The first-order valence-corrected chi connectivity index (χ1v) is 11.5. The summed E-state index contributed by atoms with van der Waals surface area (Å²) in [5.74, 6) is -0.509. The molecule has 2 aliphatic carbocycles. The largest absolute Gasteiger partial charge is 1.00 e. The zero-order valence-corrected chi connectivity index (χ0v) is 20.5. The van der Waals surface area contributed by atoms with Gasteiger partial charge >= 0.3 is 39.8 Å². The summed E-state index contributed by atoms with van der Waals surface area (Å²) in [5, 5.41) is 4.02. The maximum absolute atomic E-state index is 12.9. The number of nitrogens with zero attached hydrogens (tertiary/aromatic N) is 3. The van der Waals surface area contributed by atoms with Crippen LogP contribution in [0.25, 0.3) is 0 Å². The van der Waals surface area contributed by atoms with Gasteiger partial charge in [-0.2, -0.15) is 13.5 Å². The number of aromatic nitrogens is 2. The topological polar surface area (TPSA) is 110 Å². The minimum atomic E-state index is -4.07. The van der Waals surface area contributed by atoms with Crippen LogP contribution < -0.4 is 44.3 Å². The average Bonchev–Trinajstić information content (AvgIpc) is 3.39. The van der Waals surface area contributed by atoms with E-state index in [1.54, 1.807) is 13.2 Å². The number of carbonyl (C=O) groups excluding carboxylic acids is 1. The summed E-state index contributed by atoms with van der Waals surface area (Å²) in [7, 11) is -2.37. The van der Waals surface area contributed by atoms with Crippen LogP contribution >= 0.6 is 0 Å². The summed E-state index contributed by atoms with van der Waals surface area (Å²) in [6.07, 6.45) is 9.31. The van der Waals surface area contributed by atoms with Crippen molar-refractivity contribution < 1.29 is 44.2 Å². The molecule has 0 fully saturated rings. The zero-order chi connectivity index (χ0) is 20.6. The molecule has 0 saturated heterocycles. The van der Waals surface area contributed by atoms with Crippen molar-refractivity contribution in [1.82, 2.24) is 14.5 Å². The number of rotatable bonds is 7. The number of benzene rings is 1. The maximum atomic E-state index is 12.9. The van der Waals surface area contributed by atoms with Gasteiger partial charge < -0.3 is 7.16 Å². The Morgan fingerprint density at radius 2 is 1.87 bits per heavy atom. The molecular formula is C20H28N5NaO3S. The number of nitrogens with two attached hydrogens (primary N) is 1. The molecule has 0 atom stereocenters. The van der Waals surface area contributed by atoms with Crippen molar-refractivity contribution in [1.29, 1.82) is 0 Å². The van der Waals surface area contributed by atoms with E-state index in [1.165, 1.54) is 33.1 Å². The van der Waals surface area contributed by atoms with Gasteiger partial charge in [0, 0.05) is 26.3 Å². The van der Waals surface area contributed by atoms with Crippen LogP contribution in [-0.4, -0.2) is 37.2 Å². The molecule has 8 nitrogen and oxygen atoms in total. The van der Waals surface area contributed by atoms with Crippen molar-refractivity contribution in [3.63, 3.8) is 0 Å². The summed E-state index contributed by atoms with van der Waals surface area (Å²) in [4.78, 5) is 12.8. The monoisotopic (exact) mass is 441 g/mol. The number of anilines is 1. The van der Waals surface area contributed by atoms with Gasteiger partial charge in [-0.3, -0.25) is 9.48 Å². The first kappa shape index (κ1) is 23.3. The van der Waals surface area contributed by atoms with Gasteiger partial charge in [0.2, 0.25) is 5.91 Å². The Kier molecular flexibility index (Phi) is 7.29. The Balaban J connectivity index is 0.00000171. The molecule has 2 aliphatic rings. The molecule has 0 bridgehead atoms. The molecule has 1 aromatic heterocycles. The maximum Gasteiger partial charge on any atom is 1.00 e. The van der Waals surface area contributed by atoms with E-state index in [9.17, 15) is 13.2 Å². The number of fused-ring (bicyclic) bond motifs is 2. The van der Waals surface area contributed by atoms with Crippen LogP contribution in [0.2, 0.25) is 0 Å². The summed E-state index contributed by atoms with van der Waals surface area (Å²) < 4.78 is 30.6. The Hall–Kier alpha value is -1.39. The third kappa shape index (κ3) is 4.60. The molecule has 0 radical (unpaired) electrons. The van der Waals surface area contributed by atoms with Crippen molar-refractivity contribution in [3.8, 4) is 0 Å². The van der Waals surface area contributed by atoms with Gasteiger partial charge in [0.25, 0.3) is 0 Å². The molecule has 0 unspecified atom stereocenters. The molecule has 1 amide bonds. The number of hydrogen-bond donors (Lipinski definition) is 2. The fraction of sp³-hybridized carbons (Fsp3) is 0.500. The second kappa shape index (κ2) is 9.40.